The smallest absolute Gasteiger partial charge is 0.0858 e. The number of aryl methyl sites for hydroxylation is 2. The molecule has 2 rings (SSSR count). The molecule has 0 amide bonds. The van der Waals surface area contributed by atoms with Crippen LogP contribution in [0.15, 0.2) is 46.9 Å². The zero-order chi connectivity index (χ0) is 14.0. The summed E-state index contributed by atoms with van der Waals surface area (Å²) in [7, 11) is 0. The van der Waals surface area contributed by atoms with E-state index in [1.54, 1.807) is 0 Å². The summed E-state index contributed by atoms with van der Waals surface area (Å²) in [5, 5.41) is 10.6. The fraction of sp³-hybridized carbons (Fsp3) is 0.294. The molecular weight excluding hydrogens is 300 g/mol. The van der Waals surface area contributed by atoms with Gasteiger partial charge in [-0.1, -0.05) is 59.3 Å². The van der Waals surface area contributed by atoms with Crippen LogP contribution in [-0.4, -0.2) is 5.11 Å². The van der Waals surface area contributed by atoms with Crippen molar-refractivity contribution in [2.24, 2.45) is 0 Å². The molecule has 2 atom stereocenters. The van der Waals surface area contributed by atoms with Gasteiger partial charge in [-0.05, 0) is 42.2 Å². The van der Waals surface area contributed by atoms with Gasteiger partial charge in [0.05, 0.1) is 6.10 Å². The van der Waals surface area contributed by atoms with Gasteiger partial charge in [-0.2, -0.15) is 0 Å². The summed E-state index contributed by atoms with van der Waals surface area (Å²) in [6.07, 6.45) is -0.478. The molecule has 0 saturated carbocycles. The van der Waals surface area contributed by atoms with Gasteiger partial charge in [0.1, 0.15) is 0 Å². The van der Waals surface area contributed by atoms with Crippen molar-refractivity contribution in [1.82, 2.24) is 0 Å². The van der Waals surface area contributed by atoms with Crippen molar-refractivity contribution in [3.8, 4) is 0 Å². The van der Waals surface area contributed by atoms with Gasteiger partial charge in [0.2, 0.25) is 0 Å². The molecule has 19 heavy (non-hydrogen) atoms. The van der Waals surface area contributed by atoms with Crippen LogP contribution in [0.2, 0.25) is 0 Å². The lowest BCUT2D eigenvalue weighted by Gasteiger charge is -2.22. The Bertz CT molecular complexity index is 563. The summed E-state index contributed by atoms with van der Waals surface area (Å²) >= 11 is 3.53. The predicted molar refractivity (Wildman–Crippen MR) is 83.4 cm³/mol. The molecule has 0 saturated heterocycles. The Morgan fingerprint density at radius 1 is 1.00 bits per heavy atom. The second-order valence-corrected chi connectivity index (χ2v) is 5.96. The molecule has 2 aromatic rings. The van der Waals surface area contributed by atoms with E-state index < -0.39 is 6.10 Å². The molecule has 0 heterocycles. The van der Waals surface area contributed by atoms with Crippen LogP contribution in [0.4, 0.5) is 0 Å². The Morgan fingerprint density at radius 3 is 2.26 bits per heavy atom. The Kier molecular flexibility index (Phi) is 4.43. The SMILES string of the molecule is Cc1cc(C(O)C(C)c2ccccc2)c(C)cc1Br. The molecule has 0 bridgehead atoms. The number of halogens is 1. The topological polar surface area (TPSA) is 20.2 Å². The predicted octanol–water partition coefficient (Wildman–Crippen LogP) is 4.90. The molecule has 0 aromatic heterocycles. The lowest BCUT2D eigenvalue weighted by molar-refractivity contribution is 0.151. The van der Waals surface area contributed by atoms with Gasteiger partial charge >= 0.3 is 0 Å². The van der Waals surface area contributed by atoms with Gasteiger partial charge in [0.15, 0.2) is 0 Å². The molecule has 2 unspecified atom stereocenters. The Labute approximate surface area is 123 Å². The number of hydrogen-bond donors (Lipinski definition) is 1. The van der Waals surface area contributed by atoms with Crippen molar-refractivity contribution in [2.45, 2.75) is 32.8 Å². The van der Waals surface area contributed by atoms with Gasteiger partial charge < -0.3 is 5.11 Å². The molecule has 0 aliphatic heterocycles. The molecule has 0 fully saturated rings. The summed E-state index contributed by atoms with van der Waals surface area (Å²) < 4.78 is 1.09. The zero-order valence-corrected chi connectivity index (χ0v) is 13.1. The molecule has 0 spiro atoms. The Hall–Kier alpha value is -1.12. The van der Waals surface area contributed by atoms with Crippen LogP contribution in [0.3, 0.4) is 0 Å². The van der Waals surface area contributed by atoms with Crippen LogP contribution in [0, 0.1) is 13.8 Å². The van der Waals surface area contributed by atoms with Crippen molar-refractivity contribution in [3.63, 3.8) is 0 Å². The number of aliphatic hydroxyl groups excluding tert-OH is 1. The first-order chi connectivity index (χ1) is 9.00. The molecule has 0 radical (unpaired) electrons. The Morgan fingerprint density at radius 2 is 1.63 bits per heavy atom. The normalized spacial score (nSPS) is 14.2. The van der Waals surface area contributed by atoms with Gasteiger partial charge in [0, 0.05) is 10.4 Å². The third kappa shape index (κ3) is 3.07. The molecule has 0 aliphatic carbocycles. The van der Waals surface area contributed by atoms with E-state index in [1.165, 1.54) is 0 Å². The second-order valence-electron chi connectivity index (χ2n) is 5.10. The zero-order valence-electron chi connectivity index (χ0n) is 11.5. The average molecular weight is 319 g/mol. The summed E-state index contributed by atoms with van der Waals surface area (Å²) in [5.74, 6) is 0.0838. The highest BCUT2D eigenvalue weighted by Crippen LogP contribution is 2.34. The number of hydrogen-bond acceptors (Lipinski definition) is 1. The summed E-state index contributed by atoms with van der Waals surface area (Å²) in [6.45, 7) is 6.16. The van der Waals surface area contributed by atoms with Gasteiger partial charge in [-0.3, -0.25) is 0 Å². The minimum absolute atomic E-state index is 0.0838. The molecule has 2 heteroatoms. The lowest BCUT2D eigenvalue weighted by atomic mass is 9.88. The standard InChI is InChI=1S/C17H19BrO/c1-11-10-16(18)12(2)9-15(11)17(19)13(3)14-7-5-4-6-8-14/h4-10,13,17,19H,1-3H3. The maximum absolute atomic E-state index is 10.6. The molecular formula is C17H19BrO. The molecule has 2 aromatic carbocycles. The van der Waals surface area contributed by atoms with E-state index in [9.17, 15) is 5.11 Å². The van der Waals surface area contributed by atoms with Crippen LogP contribution in [0.25, 0.3) is 0 Å². The highest BCUT2D eigenvalue weighted by atomic mass is 79.9. The first-order valence-electron chi connectivity index (χ1n) is 6.50. The minimum Gasteiger partial charge on any atom is -0.388 e. The minimum atomic E-state index is -0.478. The highest BCUT2D eigenvalue weighted by molar-refractivity contribution is 9.10. The van der Waals surface area contributed by atoms with Gasteiger partial charge in [-0.15, -0.1) is 0 Å². The molecule has 1 N–H and O–H groups in total. The summed E-state index contributed by atoms with van der Waals surface area (Å²) in [6, 6.07) is 14.3. The summed E-state index contributed by atoms with van der Waals surface area (Å²) in [4.78, 5) is 0. The Balaban J connectivity index is 2.34. The van der Waals surface area contributed by atoms with E-state index in [-0.39, 0.29) is 5.92 Å². The van der Waals surface area contributed by atoms with E-state index in [4.69, 9.17) is 0 Å². The van der Waals surface area contributed by atoms with Crippen LogP contribution in [0.5, 0.6) is 0 Å². The first kappa shape index (κ1) is 14.3. The fourth-order valence-electron chi connectivity index (χ4n) is 2.33. The number of aliphatic hydroxyl groups is 1. The highest BCUT2D eigenvalue weighted by Gasteiger charge is 2.20. The quantitative estimate of drug-likeness (QED) is 0.853. The van der Waals surface area contributed by atoms with Crippen LogP contribution < -0.4 is 0 Å². The third-order valence-corrected chi connectivity index (χ3v) is 4.52. The van der Waals surface area contributed by atoms with Crippen LogP contribution in [-0.2, 0) is 0 Å². The van der Waals surface area contributed by atoms with Gasteiger partial charge in [0.25, 0.3) is 0 Å². The van der Waals surface area contributed by atoms with E-state index in [0.29, 0.717) is 0 Å². The van der Waals surface area contributed by atoms with Crippen molar-refractivity contribution < 1.29 is 5.11 Å². The van der Waals surface area contributed by atoms with E-state index in [2.05, 4.69) is 47.1 Å². The number of rotatable bonds is 3. The van der Waals surface area contributed by atoms with E-state index in [0.717, 1.165) is 26.7 Å². The second kappa shape index (κ2) is 5.89. The molecule has 1 nitrogen and oxygen atoms in total. The van der Waals surface area contributed by atoms with Gasteiger partial charge in [-0.25, -0.2) is 0 Å². The van der Waals surface area contributed by atoms with Crippen molar-refractivity contribution in [1.29, 1.82) is 0 Å². The average Bonchev–Trinajstić information content (AvgIpc) is 2.42. The largest absolute Gasteiger partial charge is 0.388 e. The third-order valence-electron chi connectivity index (χ3n) is 3.66. The lowest BCUT2D eigenvalue weighted by Crippen LogP contribution is -2.09. The van der Waals surface area contributed by atoms with Crippen molar-refractivity contribution in [3.05, 3.63) is 69.2 Å². The fourth-order valence-corrected chi connectivity index (χ4v) is 2.79. The van der Waals surface area contributed by atoms with Crippen molar-refractivity contribution >= 4 is 15.9 Å². The van der Waals surface area contributed by atoms with E-state index in [1.807, 2.05) is 32.0 Å². The van der Waals surface area contributed by atoms with E-state index >= 15 is 0 Å². The number of benzene rings is 2. The maximum Gasteiger partial charge on any atom is 0.0858 e. The maximum atomic E-state index is 10.6. The van der Waals surface area contributed by atoms with Crippen LogP contribution >= 0.6 is 15.9 Å². The first-order valence-corrected chi connectivity index (χ1v) is 7.29. The molecule has 100 valence electrons. The monoisotopic (exact) mass is 318 g/mol. The van der Waals surface area contributed by atoms with Crippen LogP contribution in [0.1, 0.15) is 41.2 Å². The molecule has 0 aliphatic rings. The summed E-state index contributed by atoms with van der Waals surface area (Å²) in [5.41, 5.74) is 4.44. The van der Waals surface area contributed by atoms with Crippen molar-refractivity contribution in [2.75, 3.05) is 0 Å².